The number of rotatable bonds is 8. The molecule has 0 aliphatic carbocycles. The minimum absolute atomic E-state index is 0.0603. The molecule has 2 N–H and O–H groups in total. The smallest absolute Gasteiger partial charge is 0.303 e. The van der Waals surface area contributed by atoms with Crippen molar-refractivity contribution >= 4 is 11.9 Å². The van der Waals surface area contributed by atoms with Crippen LogP contribution in [0.4, 0.5) is 0 Å². The molecule has 11 heteroatoms. The van der Waals surface area contributed by atoms with Crippen LogP contribution in [0.15, 0.2) is 29.4 Å². The molecule has 1 saturated heterocycles. The van der Waals surface area contributed by atoms with Gasteiger partial charge in [0, 0.05) is 18.8 Å². The van der Waals surface area contributed by atoms with Crippen LogP contribution in [0.3, 0.4) is 0 Å². The molecular weight excluding hydrogens is 384 g/mol. The van der Waals surface area contributed by atoms with E-state index in [0.29, 0.717) is 5.75 Å². The minimum atomic E-state index is -1.31. The predicted molar refractivity (Wildman–Crippen MR) is 99.6 cm³/mol. The number of methoxy groups -OCH3 is 1. The van der Waals surface area contributed by atoms with Crippen molar-refractivity contribution in [2.24, 2.45) is 5.11 Å². The lowest BCUT2D eigenvalue weighted by atomic mass is 9.95. The molecule has 11 nitrogen and oxygen atoms in total. The molecule has 0 bridgehead atoms. The van der Waals surface area contributed by atoms with Gasteiger partial charge in [-0.2, -0.15) is 0 Å². The molecule has 1 aliphatic rings. The monoisotopic (exact) mass is 408 g/mol. The second-order valence-electron chi connectivity index (χ2n) is 6.42. The first-order chi connectivity index (χ1) is 13.8. The number of hydrogen-bond donors (Lipinski definition) is 2. The number of ether oxygens (including phenoxy) is 4. The Bertz CT molecular complexity index is 751. The number of nitrogens with zero attached hydrogens (tertiary/aromatic N) is 3. The van der Waals surface area contributed by atoms with E-state index in [2.05, 4.69) is 15.3 Å². The van der Waals surface area contributed by atoms with E-state index >= 15 is 0 Å². The van der Waals surface area contributed by atoms with Gasteiger partial charge in [-0.3, -0.25) is 9.59 Å². The molecule has 1 aromatic rings. The Labute approximate surface area is 167 Å². The van der Waals surface area contributed by atoms with Crippen LogP contribution in [0.5, 0.6) is 5.75 Å². The number of azide groups is 1. The lowest BCUT2D eigenvalue weighted by molar-refractivity contribution is -0.212. The number of aliphatic hydroxyl groups excluding tert-OH is 1. The Morgan fingerprint density at radius 3 is 2.55 bits per heavy atom. The largest absolute Gasteiger partial charge is 0.497 e. The van der Waals surface area contributed by atoms with Gasteiger partial charge in [-0.15, -0.1) is 0 Å². The molecule has 1 aromatic carbocycles. The normalized spacial score (nSPS) is 26.1. The van der Waals surface area contributed by atoms with Crippen LogP contribution in [0.2, 0.25) is 0 Å². The third-order valence-electron chi connectivity index (χ3n) is 4.24. The quantitative estimate of drug-likeness (QED) is 0.282. The SMILES string of the molecule is COc1ccc(COCC2O[C@@H](N=[N+]=[N-])C(NC(C)=O)[C@@H](OC(C)=O)[C@@H]2O)cc1. The van der Waals surface area contributed by atoms with E-state index in [-0.39, 0.29) is 13.2 Å². The van der Waals surface area contributed by atoms with Gasteiger partial charge in [-0.25, -0.2) is 0 Å². The van der Waals surface area contributed by atoms with Crippen molar-refractivity contribution in [3.8, 4) is 5.75 Å². The van der Waals surface area contributed by atoms with Gasteiger partial charge in [0.25, 0.3) is 0 Å². The van der Waals surface area contributed by atoms with Crippen LogP contribution in [-0.4, -0.2) is 61.3 Å². The molecule has 5 atom stereocenters. The molecule has 0 radical (unpaired) electrons. The van der Waals surface area contributed by atoms with E-state index in [4.69, 9.17) is 24.5 Å². The molecule has 1 aliphatic heterocycles. The fourth-order valence-corrected chi connectivity index (χ4v) is 2.96. The summed E-state index contributed by atoms with van der Waals surface area (Å²) in [5.41, 5.74) is 9.68. The zero-order valence-corrected chi connectivity index (χ0v) is 16.3. The van der Waals surface area contributed by atoms with Crippen molar-refractivity contribution in [2.45, 2.75) is 51.0 Å². The fraction of sp³-hybridized carbons (Fsp3) is 0.556. The van der Waals surface area contributed by atoms with Crippen molar-refractivity contribution in [1.29, 1.82) is 0 Å². The highest BCUT2D eigenvalue weighted by Crippen LogP contribution is 2.25. The maximum Gasteiger partial charge on any atom is 0.303 e. The van der Waals surface area contributed by atoms with E-state index in [1.807, 2.05) is 12.1 Å². The van der Waals surface area contributed by atoms with Gasteiger partial charge in [-0.1, -0.05) is 17.2 Å². The summed E-state index contributed by atoms with van der Waals surface area (Å²) < 4.78 is 21.5. The lowest BCUT2D eigenvalue weighted by Gasteiger charge is -2.42. The highest BCUT2D eigenvalue weighted by atomic mass is 16.6. The number of aliphatic hydroxyl groups is 1. The first-order valence-corrected chi connectivity index (χ1v) is 8.88. The second-order valence-corrected chi connectivity index (χ2v) is 6.42. The summed E-state index contributed by atoms with van der Waals surface area (Å²) in [5, 5.41) is 16.6. The summed E-state index contributed by atoms with van der Waals surface area (Å²) in [5.74, 6) is -0.413. The molecule has 0 saturated carbocycles. The van der Waals surface area contributed by atoms with E-state index < -0.39 is 42.5 Å². The van der Waals surface area contributed by atoms with E-state index in [0.717, 1.165) is 5.56 Å². The topological polar surface area (TPSA) is 152 Å². The number of esters is 1. The zero-order chi connectivity index (χ0) is 21.4. The molecule has 29 heavy (non-hydrogen) atoms. The molecular formula is C18H24N4O7. The first kappa shape index (κ1) is 22.4. The number of hydrogen-bond acceptors (Lipinski definition) is 8. The number of amides is 1. The van der Waals surface area contributed by atoms with Gasteiger partial charge in [-0.05, 0) is 23.2 Å². The van der Waals surface area contributed by atoms with Crippen LogP contribution in [0.1, 0.15) is 19.4 Å². The Morgan fingerprint density at radius 1 is 1.31 bits per heavy atom. The zero-order valence-electron chi connectivity index (χ0n) is 16.3. The molecule has 1 heterocycles. The minimum Gasteiger partial charge on any atom is -0.497 e. The van der Waals surface area contributed by atoms with Crippen molar-refractivity contribution in [3.63, 3.8) is 0 Å². The average molecular weight is 408 g/mol. The molecule has 1 amide bonds. The summed E-state index contributed by atoms with van der Waals surface area (Å²) in [7, 11) is 1.57. The Morgan fingerprint density at radius 2 is 2.00 bits per heavy atom. The number of carbonyl (C=O) groups is 2. The van der Waals surface area contributed by atoms with Crippen LogP contribution in [0.25, 0.3) is 10.4 Å². The maximum atomic E-state index is 11.5. The fourth-order valence-electron chi connectivity index (χ4n) is 2.96. The van der Waals surface area contributed by atoms with E-state index in [1.165, 1.54) is 13.8 Å². The average Bonchev–Trinajstić information content (AvgIpc) is 2.68. The number of carbonyl (C=O) groups excluding carboxylic acids is 2. The summed E-state index contributed by atoms with van der Waals surface area (Å²) in [6.07, 6.45) is -4.61. The van der Waals surface area contributed by atoms with Crippen LogP contribution >= 0.6 is 0 Å². The summed E-state index contributed by atoms with van der Waals surface area (Å²) >= 11 is 0. The van der Waals surface area contributed by atoms with Gasteiger partial charge in [0.05, 0.1) is 20.3 Å². The summed E-state index contributed by atoms with van der Waals surface area (Å²) in [6, 6.07) is 6.19. The number of nitrogens with one attached hydrogen (secondary N) is 1. The third-order valence-corrected chi connectivity index (χ3v) is 4.24. The maximum absolute atomic E-state index is 11.5. The summed E-state index contributed by atoms with van der Waals surface area (Å²) in [6.45, 7) is 2.59. The molecule has 1 fully saturated rings. The summed E-state index contributed by atoms with van der Waals surface area (Å²) in [4.78, 5) is 25.7. The van der Waals surface area contributed by atoms with Gasteiger partial charge in [0.15, 0.2) is 12.3 Å². The highest BCUT2D eigenvalue weighted by molar-refractivity contribution is 5.73. The van der Waals surface area contributed by atoms with Gasteiger partial charge in [0.1, 0.15) is 24.0 Å². The van der Waals surface area contributed by atoms with Crippen molar-refractivity contribution in [2.75, 3.05) is 13.7 Å². The lowest BCUT2D eigenvalue weighted by Crippen LogP contribution is -2.64. The molecule has 2 rings (SSSR count). The highest BCUT2D eigenvalue weighted by Gasteiger charge is 2.47. The predicted octanol–water partition coefficient (Wildman–Crippen LogP) is 1.04. The van der Waals surface area contributed by atoms with Gasteiger partial charge < -0.3 is 29.4 Å². The van der Waals surface area contributed by atoms with Crippen molar-refractivity contribution in [1.82, 2.24) is 5.32 Å². The van der Waals surface area contributed by atoms with Crippen LogP contribution in [-0.2, 0) is 30.4 Å². The Hall–Kier alpha value is -2.85. The van der Waals surface area contributed by atoms with Crippen LogP contribution in [0, 0.1) is 0 Å². The molecule has 2 unspecified atom stereocenters. The third kappa shape index (κ3) is 6.33. The van der Waals surface area contributed by atoms with Crippen LogP contribution < -0.4 is 10.1 Å². The van der Waals surface area contributed by atoms with Crippen molar-refractivity contribution < 1.29 is 33.6 Å². The molecule has 158 valence electrons. The Balaban J connectivity index is 2.08. The van der Waals surface area contributed by atoms with Gasteiger partial charge in [0.2, 0.25) is 5.91 Å². The molecule has 0 spiro atoms. The van der Waals surface area contributed by atoms with E-state index in [1.54, 1.807) is 19.2 Å². The van der Waals surface area contributed by atoms with Crippen molar-refractivity contribution in [3.05, 3.63) is 40.3 Å². The standard InChI is InChI=1S/C18H24N4O7/c1-10(23)20-15-17(28-11(2)24)16(25)14(29-18(15)21-22-19)9-27-8-12-4-6-13(26-3)7-5-12/h4-7,14-18,25H,8-9H2,1-3H3,(H,20,23)/t14?,15?,16-,17-,18-/m1/s1. The second kappa shape index (κ2) is 10.6. The van der Waals surface area contributed by atoms with Gasteiger partial charge >= 0.3 is 5.97 Å². The molecule has 0 aromatic heterocycles. The Kier molecular flexibility index (Phi) is 8.22. The first-order valence-electron chi connectivity index (χ1n) is 8.88. The van der Waals surface area contributed by atoms with E-state index in [9.17, 15) is 14.7 Å². The number of benzene rings is 1.